The molecule has 0 aromatic carbocycles. The van der Waals surface area contributed by atoms with Crippen molar-refractivity contribution in [3.8, 4) is 0 Å². The van der Waals surface area contributed by atoms with Gasteiger partial charge in [0.25, 0.3) is 0 Å². The molecule has 0 saturated heterocycles. The van der Waals surface area contributed by atoms with Crippen LogP contribution in [0.1, 0.15) is 27.7 Å². The van der Waals surface area contributed by atoms with Gasteiger partial charge < -0.3 is 39.6 Å². The molecule has 108 valence electrons. The number of rotatable bonds is 0. The molecule has 0 spiro atoms. The fourth-order valence-corrected chi connectivity index (χ4v) is 0. The fraction of sp³-hybridized carbons (Fsp3) is 0.500. The van der Waals surface area contributed by atoms with Crippen molar-refractivity contribution in [2.45, 2.75) is 27.7 Å². The van der Waals surface area contributed by atoms with E-state index in [1.807, 2.05) is 0 Å². The molecular formula is C8H13FO8Pb-4. The molecule has 0 N–H and O–H groups in total. The largest absolute Gasteiger partial charge is 0.550 e. The third-order valence-corrected chi connectivity index (χ3v) is 0. The van der Waals surface area contributed by atoms with Gasteiger partial charge in [-0.3, -0.25) is 4.70 Å². The monoisotopic (exact) mass is 464 g/mol. The molecule has 0 fully saturated rings. The van der Waals surface area contributed by atoms with Crippen LogP contribution in [0.2, 0.25) is 0 Å². The van der Waals surface area contributed by atoms with Crippen molar-refractivity contribution >= 4 is 51.2 Å². The van der Waals surface area contributed by atoms with Crippen molar-refractivity contribution in [1.29, 1.82) is 0 Å². The molecule has 0 heterocycles. The van der Waals surface area contributed by atoms with Crippen LogP contribution in [0.3, 0.4) is 0 Å². The standard InChI is InChI=1S/4C2H4O2.FH.Pb/c4*1-2(3)4;;/h4*1H3,(H,3,4);1H;/p-4. The van der Waals surface area contributed by atoms with Crippen molar-refractivity contribution in [2.75, 3.05) is 0 Å². The molecule has 4 radical (unpaired) electrons. The summed E-state index contributed by atoms with van der Waals surface area (Å²) in [5.74, 6) is -4.33. The van der Waals surface area contributed by atoms with Crippen LogP contribution in [0.5, 0.6) is 0 Å². The number of aliphatic carboxylic acids is 4. The first kappa shape index (κ1) is 36.0. The van der Waals surface area contributed by atoms with Gasteiger partial charge in [-0.2, -0.15) is 0 Å². The van der Waals surface area contributed by atoms with Crippen molar-refractivity contribution in [1.82, 2.24) is 0 Å². The van der Waals surface area contributed by atoms with Gasteiger partial charge in [0.05, 0.1) is 0 Å². The molecule has 0 rings (SSSR count). The number of carboxylic acid groups (broad SMARTS) is 4. The number of carboxylic acids is 4. The Morgan fingerprint density at radius 2 is 0.556 bits per heavy atom. The predicted octanol–water partition coefficient (Wildman–Crippen LogP) is -5.20. The zero-order chi connectivity index (χ0) is 14.3. The molecule has 8 nitrogen and oxygen atoms in total. The van der Waals surface area contributed by atoms with Crippen LogP contribution < -0.4 is 20.4 Å². The van der Waals surface area contributed by atoms with E-state index in [4.69, 9.17) is 39.6 Å². The molecule has 0 aliphatic heterocycles. The second kappa shape index (κ2) is 29.6. The Kier molecular flexibility index (Phi) is 59.2. The van der Waals surface area contributed by atoms with E-state index in [0.717, 1.165) is 27.7 Å². The van der Waals surface area contributed by atoms with Crippen LogP contribution in [-0.2, 0) is 19.2 Å². The van der Waals surface area contributed by atoms with Gasteiger partial charge in [-0.25, -0.2) is 0 Å². The minimum absolute atomic E-state index is 0. The van der Waals surface area contributed by atoms with Gasteiger partial charge in [0.2, 0.25) is 0 Å². The van der Waals surface area contributed by atoms with Gasteiger partial charge in [0, 0.05) is 51.2 Å². The van der Waals surface area contributed by atoms with Crippen molar-refractivity contribution in [3.63, 3.8) is 0 Å². The molecule has 0 unspecified atom stereocenters. The summed E-state index contributed by atoms with van der Waals surface area (Å²) in [5, 5.41) is 35.6. The molecule has 18 heavy (non-hydrogen) atoms. The molecule has 0 amide bonds. The summed E-state index contributed by atoms with van der Waals surface area (Å²) in [6.07, 6.45) is 0. The van der Waals surface area contributed by atoms with E-state index in [2.05, 4.69) is 0 Å². The summed E-state index contributed by atoms with van der Waals surface area (Å²) in [6, 6.07) is 0. The van der Waals surface area contributed by atoms with E-state index in [9.17, 15) is 0 Å². The normalized spacial score (nSPS) is 5.56. The van der Waals surface area contributed by atoms with E-state index in [-0.39, 0.29) is 32.0 Å². The Morgan fingerprint density at radius 1 is 0.556 bits per heavy atom. The van der Waals surface area contributed by atoms with Crippen LogP contribution in [0.4, 0.5) is 4.70 Å². The molecule has 0 aliphatic rings. The fourth-order valence-electron chi connectivity index (χ4n) is 0. The number of carbonyl (C=O) groups excluding carboxylic acids is 4. The summed E-state index contributed by atoms with van der Waals surface area (Å²) >= 11 is 0. The average Bonchev–Trinajstić information content (AvgIpc) is 1.76. The van der Waals surface area contributed by atoms with Crippen LogP contribution in [0.25, 0.3) is 0 Å². The molecule has 0 atom stereocenters. The van der Waals surface area contributed by atoms with E-state index in [0.29, 0.717) is 0 Å². The quantitative estimate of drug-likeness (QED) is 0.322. The Morgan fingerprint density at radius 3 is 0.556 bits per heavy atom. The minimum Gasteiger partial charge on any atom is -0.550 e. The second-order valence-electron chi connectivity index (χ2n) is 1.97. The zero-order valence-electron chi connectivity index (χ0n) is 10.2. The topological polar surface area (TPSA) is 161 Å². The maximum absolute atomic E-state index is 8.89. The Labute approximate surface area is 123 Å². The third-order valence-electron chi connectivity index (χ3n) is 0. The first-order chi connectivity index (χ1) is 6.93. The zero-order valence-corrected chi connectivity index (χ0v) is 14.1. The number of hydrogen-bond donors (Lipinski definition) is 0. The minimum atomic E-state index is -1.08. The third kappa shape index (κ3) is 1730. The molecule has 0 bridgehead atoms. The Balaban J connectivity index is -0.0000000257. The summed E-state index contributed by atoms with van der Waals surface area (Å²) in [6.45, 7) is 3.89. The maximum Gasteiger partial charge on any atom is 0.0383 e. The van der Waals surface area contributed by atoms with E-state index >= 15 is 0 Å². The maximum atomic E-state index is 8.89. The molecule has 0 aromatic rings. The van der Waals surface area contributed by atoms with Gasteiger partial charge in [-0.1, -0.05) is 0 Å². The van der Waals surface area contributed by atoms with E-state index in [1.54, 1.807) is 0 Å². The van der Waals surface area contributed by atoms with Crippen LogP contribution in [-0.4, -0.2) is 51.2 Å². The van der Waals surface area contributed by atoms with Gasteiger partial charge in [0.1, 0.15) is 0 Å². The Bertz CT molecular complexity index is 167. The molecule has 10 heteroatoms. The van der Waals surface area contributed by atoms with Gasteiger partial charge >= 0.3 is 0 Å². The van der Waals surface area contributed by atoms with Crippen LogP contribution in [0, 0.1) is 0 Å². The van der Waals surface area contributed by atoms with E-state index < -0.39 is 23.9 Å². The van der Waals surface area contributed by atoms with Crippen molar-refractivity contribution < 1.29 is 44.3 Å². The number of halogens is 1. The first-order valence-corrected chi connectivity index (χ1v) is 3.63. The van der Waals surface area contributed by atoms with Crippen LogP contribution >= 0.6 is 0 Å². The van der Waals surface area contributed by atoms with Crippen molar-refractivity contribution in [3.05, 3.63) is 0 Å². The SMILES string of the molecule is CC(=O)[O-].CC(=O)[O-].CC(=O)[O-].CC(=O)[O-].F.[Pb]. The van der Waals surface area contributed by atoms with Gasteiger partial charge in [-0.15, -0.1) is 0 Å². The smallest absolute Gasteiger partial charge is 0.0383 e. The van der Waals surface area contributed by atoms with Gasteiger partial charge in [-0.05, 0) is 27.7 Å². The molecule has 0 saturated carbocycles. The molecular weight excluding hydrogens is 450 g/mol. The molecule has 0 aliphatic carbocycles. The second-order valence-corrected chi connectivity index (χ2v) is 1.97. The first-order valence-electron chi connectivity index (χ1n) is 3.63. The molecule has 0 aromatic heterocycles. The van der Waals surface area contributed by atoms with Gasteiger partial charge in [0.15, 0.2) is 0 Å². The summed E-state index contributed by atoms with van der Waals surface area (Å²) < 4.78 is 0. The van der Waals surface area contributed by atoms with E-state index in [1.165, 1.54) is 0 Å². The number of hydrogen-bond acceptors (Lipinski definition) is 8. The van der Waals surface area contributed by atoms with Crippen LogP contribution in [0.15, 0.2) is 0 Å². The summed E-state index contributed by atoms with van der Waals surface area (Å²) in [7, 11) is 0. The number of carbonyl (C=O) groups is 4. The summed E-state index contributed by atoms with van der Waals surface area (Å²) in [4.78, 5) is 35.6. The summed E-state index contributed by atoms with van der Waals surface area (Å²) in [5.41, 5.74) is 0. The van der Waals surface area contributed by atoms with Crippen molar-refractivity contribution in [2.24, 2.45) is 0 Å². The Hall–Kier alpha value is -1.27. The predicted molar refractivity (Wildman–Crippen MR) is 51.0 cm³/mol. The average molecular weight is 463 g/mol.